The first kappa shape index (κ1) is 23.1. The Bertz CT molecular complexity index is 777. The third kappa shape index (κ3) is 7.32. The molecule has 0 amide bonds. The van der Waals surface area contributed by atoms with E-state index in [4.69, 9.17) is 10.2 Å². The van der Waals surface area contributed by atoms with E-state index in [-0.39, 0.29) is 0 Å². The molecule has 4 nitrogen and oxygen atoms in total. The van der Waals surface area contributed by atoms with Gasteiger partial charge in [-0.15, -0.1) is 0 Å². The predicted octanol–water partition coefficient (Wildman–Crippen LogP) is 5.06. The molecule has 158 valence electrons. The van der Waals surface area contributed by atoms with Crippen molar-refractivity contribution in [2.75, 3.05) is 11.9 Å². The maximum atomic E-state index is 10.4. The Hall–Kier alpha value is -2.14. The maximum Gasteiger partial charge on any atom is 0.178 e. The number of nitrogens with one attached hydrogen (secondary N) is 1. The third-order valence-corrected chi connectivity index (χ3v) is 5.72. The van der Waals surface area contributed by atoms with Crippen molar-refractivity contribution in [1.29, 1.82) is 0 Å². The molecule has 0 fully saturated rings. The van der Waals surface area contributed by atoms with Crippen LogP contribution in [-0.2, 0) is 6.42 Å². The molecule has 4 heteroatoms. The molecular weight excluding hydrogens is 362 g/mol. The molecule has 4 N–H and O–H groups in total. The summed E-state index contributed by atoms with van der Waals surface area (Å²) in [6.07, 6.45) is 4.90. The molecule has 0 aliphatic carbocycles. The highest BCUT2D eigenvalue weighted by atomic mass is 16.5. The normalized spacial score (nSPS) is 12.4. The number of rotatable bonds is 11. The van der Waals surface area contributed by atoms with Crippen molar-refractivity contribution in [2.24, 2.45) is 0 Å². The minimum absolute atomic E-state index is 0.507. The van der Waals surface area contributed by atoms with Crippen molar-refractivity contribution in [3.05, 3.63) is 71.3 Å². The molecule has 0 aliphatic rings. The molecule has 0 aliphatic heterocycles. The molecule has 0 spiro atoms. The maximum absolute atomic E-state index is 10.4. The van der Waals surface area contributed by atoms with E-state index < -0.39 is 11.9 Å². The van der Waals surface area contributed by atoms with E-state index in [1.807, 2.05) is 26.0 Å². The molecule has 0 radical (unpaired) electrons. The molecule has 0 heterocycles. The van der Waals surface area contributed by atoms with Crippen LogP contribution in [0, 0.1) is 0 Å². The van der Waals surface area contributed by atoms with Crippen molar-refractivity contribution in [2.45, 2.75) is 64.8 Å². The zero-order chi connectivity index (χ0) is 21.3. The Labute approximate surface area is 174 Å². The Kier molecular flexibility index (Phi) is 8.90. The summed E-state index contributed by atoms with van der Waals surface area (Å²) in [5.41, 5.74) is 4.60. The molecule has 2 aromatic rings. The monoisotopic (exact) mass is 397 g/mol. The lowest BCUT2D eigenvalue weighted by molar-refractivity contribution is -0.0424. The van der Waals surface area contributed by atoms with Gasteiger partial charge in [0, 0.05) is 17.8 Å². The lowest BCUT2D eigenvalue weighted by Gasteiger charge is -2.24. The quantitative estimate of drug-likeness (QED) is 0.400. The predicted molar refractivity (Wildman–Crippen MR) is 121 cm³/mol. The van der Waals surface area contributed by atoms with Crippen molar-refractivity contribution in [3.8, 4) is 0 Å². The Balaban J connectivity index is 1.89. The number of benzene rings is 2. The lowest BCUT2D eigenvalue weighted by Crippen LogP contribution is -2.25. The first-order valence-corrected chi connectivity index (χ1v) is 10.6. The first-order valence-electron chi connectivity index (χ1n) is 10.6. The fourth-order valence-corrected chi connectivity index (χ4v) is 3.36. The van der Waals surface area contributed by atoms with Crippen molar-refractivity contribution in [1.82, 2.24) is 0 Å². The van der Waals surface area contributed by atoms with E-state index >= 15 is 0 Å². The van der Waals surface area contributed by atoms with Crippen LogP contribution in [0.2, 0.25) is 0 Å². The van der Waals surface area contributed by atoms with E-state index in [1.54, 1.807) is 12.1 Å². The second kappa shape index (κ2) is 11.1. The zero-order valence-corrected chi connectivity index (χ0v) is 17.9. The van der Waals surface area contributed by atoms with Crippen LogP contribution >= 0.6 is 0 Å². The van der Waals surface area contributed by atoms with Gasteiger partial charge in [0.15, 0.2) is 6.29 Å². The summed E-state index contributed by atoms with van der Waals surface area (Å²) in [6.45, 7) is 7.00. The minimum Gasteiger partial charge on any atom is -0.390 e. The van der Waals surface area contributed by atoms with Crippen LogP contribution in [0.25, 0.3) is 5.57 Å². The van der Waals surface area contributed by atoms with Crippen molar-refractivity contribution in [3.63, 3.8) is 0 Å². The first-order chi connectivity index (χ1) is 13.9. The van der Waals surface area contributed by atoms with Gasteiger partial charge >= 0.3 is 0 Å². The molecule has 0 saturated heterocycles. The van der Waals surface area contributed by atoms with E-state index in [9.17, 15) is 5.11 Å². The lowest BCUT2D eigenvalue weighted by atomic mass is 9.91. The number of hydrogen-bond donors (Lipinski definition) is 4. The zero-order valence-electron chi connectivity index (χ0n) is 17.9. The minimum atomic E-state index is -1.42. The van der Waals surface area contributed by atoms with Crippen LogP contribution in [0.15, 0.2) is 54.6 Å². The van der Waals surface area contributed by atoms with Crippen LogP contribution in [0.1, 0.15) is 69.4 Å². The standard InChI is InChI=1S/C25H35NO3/c1-4-25(29,5-2)16-7-8-19(3)22-9-6-10-23(18-22)26-17-15-20-11-13-21(14-12-20)24(27)28/h6,8-14,18,24,26-29H,4-5,7,15-17H2,1-3H3. The smallest absolute Gasteiger partial charge is 0.178 e. The summed E-state index contributed by atoms with van der Waals surface area (Å²) in [5, 5.41) is 32.2. The fourth-order valence-electron chi connectivity index (χ4n) is 3.36. The summed E-state index contributed by atoms with van der Waals surface area (Å²) in [7, 11) is 0. The Morgan fingerprint density at radius 2 is 1.76 bits per heavy atom. The van der Waals surface area contributed by atoms with Gasteiger partial charge in [-0.2, -0.15) is 0 Å². The molecular formula is C25H35NO3. The van der Waals surface area contributed by atoms with Crippen LogP contribution < -0.4 is 5.32 Å². The van der Waals surface area contributed by atoms with E-state index in [2.05, 4.69) is 42.6 Å². The SMILES string of the molecule is CCC(O)(CC)CCC=C(C)c1cccc(NCCc2ccc(C(O)O)cc2)c1. The van der Waals surface area contributed by atoms with Crippen LogP contribution in [-0.4, -0.2) is 27.5 Å². The molecule has 0 bridgehead atoms. The Morgan fingerprint density at radius 3 is 2.38 bits per heavy atom. The molecule has 2 aromatic carbocycles. The van der Waals surface area contributed by atoms with Crippen LogP contribution in [0.3, 0.4) is 0 Å². The number of hydrogen-bond acceptors (Lipinski definition) is 4. The third-order valence-electron chi connectivity index (χ3n) is 5.72. The van der Waals surface area contributed by atoms with Gasteiger partial charge in [-0.3, -0.25) is 0 Å². The van der Waals surface area contributed by atoms with Crippen molar-refractivity contribution >= 4 is 11.3 Å². The molecule has 0 unspecified atom stereocenters. The summed E-state index contributed by atoms with van der Waals surface area (Å²) in [5.74, 6) is 0. The van der Waals surface area contributed by atoms with Gasteiger partial charge in [0.2, 0.25) is 0 Å². The van der Waals surface area contributed by atoms with Gasteiger partial charge in [-0.25, -0.2) is 0 Å². The largest absolute Gasteiger partial charge is 0.390 e. The van der Waals surface area contributed by atoms with Crippen molar-refractivity contribution < 1.29 is 15.3 Å². The second-order valence-corrected chi connectivity index (χ2v) is 7.73. The van der Waals surface area contributed by atoms with Crippen LogP contribution in [0.5, 0.6) is 0 Å². The second-order valence-electron chi connectivity index (χ2n) is 7.73. The Morgan fingerprint density at radius 1 is 1.07 bits per heavy atom. The highest BCUT2D eigenvalue weighted by molar-refractivity contribution is 5.67. The molecule has 29 heavy (non-hydrogen) atoms. The molecule has 0 saturated carbocycles. The molecule has 0 aromatic heterocycles. The van der Waals surface area contributed by atoms with Gasteiger partial charge in [0.1, 0.15) is 0 Å². The topological polar surface area (TPSA) is 72.7 Å². The fraction of sp³-hybridized carbons (Fsp3) is 0.440. The highest BCUT2D eigenvalue weighted by Crippen LogP contribution is 2.24. The summed E-state index contributed by atoms with van der Waals surface area (Å²) >= 11 is 0. The molecule has 2 rings (SSSR count). The van der Waals surface area contributed by atoms with E-state index in [0.29, 0.717) is 5.56 Å². The average Bonchev–Trinajstić information content (AvgIpc) is 2.74. The van der Waals surface area contributed by atoms with E-state index in [0.717, 1.165) is 49.9 Å². The molecule has 0 atom stereocenters. The van der Waals surface area contributed by atoms with Gasteiger partial charge in [-0.1, -0.05) is 56.3 Å². The number of allylic oxidation sites excluding steroid dienone is 2. The summed E-state index contributed by atoms with van der Waals surface area (Å²) in [4.78, 5) is 0. The van der Waals surface area contributed by atoms with E-state index in [1.165, 1.54) is 11.1 Å². The summed E-state index contributed by atoms with van der Waals surface area (Å²) in [6, 6.07) is 15.7. The van der Waals surface area contributed by atoms with Gasteiger partial charge < -0.3 is 20.6 Å². The van der Waals surface area contributed by atoms with Gasteiger partial charge in [0.05, 0.1) is 5.60 Å². The summed E-state index contributed by atoms with van der Waals surface area (Å²) < 4.78 is 0. The van der Waals surface area contributed by atoms with Gasteiger partial charge in [0.25, 0.3) is 0 Å². The van der Waals surface area contributed by atoms with Gasteiger partial charge in [-0.05, 0) is 67.9 Å². The average molecular weight is 398 g/mol. The number of aliphatic hydroxyl groups excluding tert-OH is 1. The highest BCUT2D eigenvalue weighted by Gasteiger charge is 2.20. The number of aliphatic hydroxyl groups is 3. The number of anilines is 1. The van der Waals surface area contributed by atoms with Crippen LogP contribution in [0.4, 0.5) is 5.69 Å².